The fourth-order valence-corrected chi connectivity index (χ4v) is 4.37. The minimum atomic E-state index is -3.90. The normalized spacial score (nSPS) is 11.4. The maximum absolute atomic E-state index is 13.3. The topological polar surface area (TPSA) is 90.7 Å². The molecule has 0 atom stereocenters. The maximum Gasteiger partial charge on any atom is 0.262 e. The van der Waals surface area contributed by atoms with Gasteiger partial charge in [0.05, 0.1) is 29.5 Å². The van der Waals surface area contributed by atoms with Crippen molar-refractivity contribution in [3.8, 4) is 22.8 Å². The molecule has 0 saturated carbocycles. The lowest BCUT2D eigenvalue weighted by Crippen LogP contribution is -2.15. The van der Waals surface area contributed by atoms with Crippen molar-refractivity contribution >= 4 is 15.7 Å². The van der Waals surface area contributed by atoms with Crippen molar-refractivity contribution in [2.45, 2.75) is 39.5 Å². The number of hydrogen-bond acceptors (Lipinski definition) is 6. The Morgan fingerprint density at radius 1 is 1.00 bits per heavy atom. The molecule has 160 valence electrons. The van der Waals surface area contributed by atoms with Gasteiger partial charge in [0.25, 0.3) is 10.0 Å². The highest BCUT2D eigenvalue weighted by molar-refractivity contribution is 7.92. The first-order valence-corrected chi connectivity index (χ1v) is 11.2. The molecular weight excluding hydrogens is 404 g/mol. The van der Waals surface area contributed by atoms with Crippen LogP contribution < -0.4 is 14.2 Å². The molecule has 0 bridgehead atoms. The van der Waals surface area contributed by atoms with Gasteiger partial charge in [-0.25, -0.2) is 8.42 Å². The summed E-state index contributed by atoms with van der Waals surface area (Å²) in [6.45, 7) is 10.1. The smallest absolute Gasteiger partial charge is 0.262 e. The number of benzene rings is 2. The molecule has 0 aliphatic heterocycles. The molecular formula is C22H26N2O5S. The molecule has 1 N–H and O–H groups in total. The van der Waals surface area contributed by atoms with Crippen molar-refractivity contribution in [3.63, 3.8) is 0 Å². The van der Waals surface area contributed by atoms with E-state index in [2.05, 4.69) is 9.88 Å². The molecule has 2 aromatic carbocycles. The number of ether oxygens (including phenoxy) is 2. The summed E-state index contributed by atoms with van der Waals surface area (Å²) in [5.41, 5.74) is 3.21. The Balaban J connectivity index is 2.03. The molecule has 7 nitrogen and oxygen atoms in total. The van der Waals surface area contributed by atoms with Crippen molar-refractivity contribution in [1.82, 2.24) is 5.16 Å². The van der Waals surface area contributed by atoms with Gasteiger partial charge in [-0.3, -0.25) is 4.72 Å². The zero-order valence-corrected chi connectivity index (χ0v) is 18.6. The van der Waals surface area contributed by atoms with Crippen LogP contribution in [0, 0.1) is 20.8 Å². The van der Waals surface area contributed by atoms with Crippen molar-refractivity contribution in [2.24, 2.45) is 0 Å². The number of rotatable bonds is 8. The van der Waals surface area contributed by atoms with E-state index >= 15 is 0 Å². The Bertz CT molecular complexity index is 1150. The molecule has 1 heterocycles. The molecule has 0 aliphatic rings. The van der Waals surface area contributed by atoms with Crippen molar-refractivity contribution < 1.29 is 22.4 Å². The summed E-state index contributed by atoms with van der Waals surface area (Å²) in [6, 6.07) is 10.2. The zero-order valence-electron chi connectivity index (χ0n) is 17.8. The third-order valence-corrected chi connectivity index (χ3v) is 6.21. The van der Waals surface area contributed by atoms with Crippen LogP contribution in [-0.2, 0) is 10.0 Å². The van der Waals surface area contributed by atoms with Gasteiger partial charge in [-0.2, -0.15) is 0 Å². The second kappa shape index (κ2) is 8.79. The predicted molar refractivity (Wildman–Crippen MR) is 116 cm³/mol. The fraction of sp³-hybridized carbons (Fsp3) is 0.318. The van der Waals surface area contributed by atoms with Gasteiger partial charge in [-0.15, -0.1) is 0 Å². The number of aryl methyl sites for hydroxylation is 2. The van der Waals surface area contributed by atoms with Gasteiger partial charge in [-0.1, -0.05) is 17.3 Å². The second-order valence-corrected chi connectivity index (χ2v) is 8.48. The van der Waals surface area contributed by atoms with Gasteiger partial charge in [0.2, 0.25) is 0 Å². The molecule has 8 heteroatoms. The van der Waals surface area contributed by atoms with Crippen LogP contribution in [0.1, 0.15) is 30.7 Å². The van der Waals surface area contributed by atoms with E-state index in [9.17, 15) is 8.42 Å². The number of sulfonamides is 1. The van der Waals surface area contributed by atoms with Gasteiger partial charge in [-0.05, 0) is 58.4 Å². The highest BCUT2D eigenvalue weighted by atomic mass is 32.2. The summed E-state index contributed by atoms with van der Waals surface area (Å²) in [6.07, 6.45) is 0. The average molecular weight is 431 g/mol. The van der Waals surface area contributed by atoms with E-state index in [0.717, 1.165) is 11.3 Å². The van der Waals surface area contributed by atoms with E-state index in [1.54, 1.807) is 37.3 Å². The van der Waals surface area contributed by atoms with Crippen LogP contribution >= 0.6 is 0 Å². The number of hydrogen-bond donors (Lipinski definition) is 1. The molecule has 1 aromatic heterocycles. The third kappa shape index (κ3) is 4.43. The van der Waals surface area contributed by atoms with Crippen molar-refractivity contribution in [1.29, 1.82) is 0 Å². The Labute approximate surface area is 177 Å². The zero-order chi connectivity index (χ0) is 21.9. The van der Waals surface area contributed by atoms with Crippen molar-refractivity contribution in [3.05, 3.63) is 53.2 Å². The highest BCUT2D eigenvalue weighted by Gasteiger charge is 2.22. The van der Waals surface area contributed by atoms with Crippen LogP contribution in [0.4, 0.5) is 5.69 Å². The minimum Gasteiger partial charge on any atom is -0.494 e. The first-order valence-electron chi connectivity index (χ1n) is 9.73. The summed E-state index contributed by atoms with van der Waals surface area (Å²) in [5.74, 6) is 1.54. The van der Waals surface area contributed by atoms with Gasteiger partial charge in [0, 0.05) is 17.2 Å². The highest BCUT2D eigenvalue weighted by Crippen LogP contribution is 2.33. The summed E-state index contributed by atoms with van der Waals surface area (Å²) < 4.78 is 45.7. The summed E-state index contributed by atoms with van der Waals surface area (Å²) in [7, 11) is -3.90. The fourth-order valence-electron chi connectivity index (χ4n) is 3.04. The molecule has 3 rings (SSSR count). The minimum absolute atomic E-state index is 0.151. The molecule has 0 aliphatic carbocycles. The van der Waals surface area contributed by atoms with Crippen LogP contribution in [0.5, 0.6) is 11.5 Å². The van der Waals surface area contributed by atoms with E-state index in [1.165, 1.54) is 0 Å². The van der Waals surface area contributed by atoms with Gasteiger partial charge in [0.1, 0.15) is 11.5 Å². The Hall–Kier alpha value is -3.00. The molecule has 3 aromatic rings. The van der Waals surface area contributed by atoms with Crippen LogP contribution in [-0.4, -0.2) is 26.8 Å². The van der Waals surface area contributed by atoms with Crippen LogP contribution in [0.15, 0.2) is 45.8 Å². The third-order valence-electron chi connectivity index (χ3n) is 4.70. The van der Waals surface area contributed by atoms with Crippen LogP contribution in [0.3, 0.4) is 0 Å². The largest absolute Gasteiger partial charge is 0.494 e. The molecule has 0 unspecified atom stereocenters. The van der Waals surface area contributed by atoms with Crippen molar-refractivity contribution in [2.75, 3.05) is 17.9 Å². The van der Waals surface area contributed by atoms with E-state index in [4.69, 9.17) is 14.0 Å². The predicted octanol–water partition coefficient (Wildman–Crippen LogP) is 4.87. The summed E-state index contributed by atoms with van der Waals surface area (Å²) in [4.78, 5) is 0.151. The molecule has 30 heavy (non-hydrogen) atoms. The van der Waals surface area contributed by atoms with Gasteiger partial charge >= 0.3 is 0 Å². The lowest BCUT2D eigenvalue weighted by atomic mass is 10.1. The molecule has 0 amide bonds. The Morgan fingerprint density at radius 3 is 2.37 bits per heavy atom. The van der Waals surface area contributed by atoms with E-state index in [-0.39, 0.29) is 4.90 Å². The molecule has 0 fully saturated rings. The van der Waals surface area contributed by atoms with E-state index in [0.29, 0.717) is 47.3 Å². The first-order chi connectivity index (χ1) is 14.3. The lowest BCUT2D eigenvalue weighted by molar-refractivity contribution is 0.332. The maximum atomic E-state index is 13.3. The quantitative estimate of drug-likeness (QED) is 0.548. The molecule has 0 saturated heterocycles. The summed E-state index contributed by atoms with van der Waals surface area (Å²) >= 11 is 0. The first kappa shape index (κ1) is 21.7. The van der Waals surface area contributed by atoms with Crippen LogP contribution in [0.25, 0.3) is 11.3 Å². The number of aromatic nitrogens is 1. The van der Waals surface area contributed by atoms with E-state index in [1.807, 2.05) is 33.8 Å². The molecule has 0 radical (unpaired) electrons. The standard InChI is InChI=1S/C22H26N2O5S/c1-6-27-18-10-11-20(28-7-2)19(13-18)24-30(25,26)21-12-17(9-8-14(21)3)22-15(4)16(5)23-29-22/h8-13,24H,6-7H2,1-5H3. The lowest BCUT2D eigenvalue weighted by Gasteiger charge is -2.16. The monoisotopic (exact) mass is 430 g/mol. The Morgan fingerprint density at radius 2 is 1.73 bits per heavy atom. The SMILES string of the molecule is CCOc1ccc(OCC)c(NS(=O)(=O)c2cc(-c3onc(C)c3C)ccc2C)c1. The number of nitrogens with one attached hydrogen (secondary N) is 1. The van der Waals surface area contributed by atoms with Crippen LogP contribution in [0.2, 0.25) is 0 Å². The second-order valence-electron chi connectivity index (χ2n) is 6.83. The summed E-state index contributed by atoms with van der Waals surface area (Å²) in [5, 5.41) is 3.96. The number of anilines is 1. The molecule has 0 spiro atoms. The van der Waals surface area contributed by atoms with Gasteiger partial charge < -0.3 is 14.0 Å². The van der Waals surface area contributed by atoms with E-state index < -0.39 is 10.0 Å². The Kier molecular flexibility index (Phi) is 6.36. The number of nitrogens with zero attached hydrogens (tertiary/aromatic N) is 1. The van der Waals surface area contributed by atoms with Gasteiger partial charge in [0.15, 0.2) is 5.76 Å². The average Bonchev–Trinajstić information content (AvgIpc) is 3.03.